The van der Waals surface area contributed by atoms with Crippen molar-refractivity contribution >= 4 is 0 Å². The van der Waals surface area contributed by atoms with Gasteiger partial charge in [-0.25, -0.2) is 4.39 Å². The summed E-state index contributed by atoms with van der Waals surface area (Å²) in [5, 5.41) is 9.76. The molecule has 2 aliphatic rings. The van der Waals surface area contributed by atoms with E-state index in [2.05, 4.69) is 0 Å². The topological polar surface area (TPSA) is 38.7 Å². The molecule has 0 radical (unpaired) electrons. The molecular formula is C16H21FO3. The van der Waals surface area contributed by atoms with Gasteiger partial charge in [0.2, 0.25) is 0 Å². The second-order valence-electron chi connectivity index (χ2n) is 5.98. The van der Waals surface area contributed by atoms with Crippen LogP contribution < -0.4 is 4.74 Å². The van der Waals surface area contributed by atoms with Crippen molar-refractivity contribution in [1.29, 1.82) is 0 Å². The lowest BCUT2D eigenvalue weighted by molar-refractivity contribution is -0.153. The molecule has 2 fully saturated rings. The van der Waals surface area contributed by atoms with Crippen molar-refractivity contribution in [2.24, 2.45) is 0 Å². The number of rotatable bonds is 3. The van der Waals surface area contributed by atoms with Crippen LogP contribution in [0.4, 0.5) is 4.39 Å². The zero-order chi connectivity index (χ0) is 14.2. The van der Waals surface area contributed by atoms with Gasteiger partial charge >= 0.3 is 0 Å². The minimum atomic E-state index is -0.664. The molecule has 1 aliphatic heterocycles. The molecule has 1 unspecified atom stereocenters. The van der Waals surface area contributed by atoms with Crippen LogP contribution in [0.15, 0.2) is 18.2 Å². The van der Waals surface area contributed by atoms with Crippen molar-refractivity contribution in [3.63, 3.8) is 0 Å². The molecule has 1 N–H and O–H groups in total. The number of hydrogen-bond acceptors (Lipinski definition) is 3. The first kappa shape index (κ1) is 13.8. The summed E-state index contributed by atoms with van der Waals surface area (Å²) in [5.41, 5.74) is 0.641. The summed E-state index contributed by atoms with van der Waals surface area (Å²) < 4.78 is 25.3. The van der Waals surface area contributed by atoms with E-state index in [1.807, 2.05) is 0 Å². The Morgan fingerprint density at radius 2 is 2.25 bits per heavy atom. The summed E-state index contributed by atoms with van der Waals surface area (Å²) in [6, 6.07) is 4.31. The predicted octanol–water partition coefficient (Wildman–Crippen LogP) is 3.36. The van der Waals surface area contributed by atoms with Crippen LogP contribution in [-0.2, 0) is 4.74 Å². The summed E-state index contributed by atoms with van der Waals surface area (Å²) in [5.74, 6) is 0.121. The van der Waals surface area contributed by atoms with Crippen molar-refractivity contribution in [3.05, 3.63) is 29.6 Å². The first-order valence-corrected chi connectivity index (χ1v) is 7.36. The number of halogens is 1. The smallest absolute Gasteiger partial charge is 0.128 e. The van der Waals surface area contributed by atoms with E-state index in [0.717, 1.165) is 25.7 Å². The molecule has 1 aliphatic carbocycles. The third-order valence-electron chi connectivity index (χ3n) is 4.43. The predicted molar refractivity (Wildman–Crippen MR) is 73.2 cm³/mol. The molecule has 0 aromatic heterocycles. The highest BCUT2D eigenvalue weighted by Crippen LogP contribution is 2.43. The Hall–Kier alpha value is -1.13. The van der Waals surface area contributed by atoms with Crippen molar-refractivity contribution in [2.75, 3.05) is 6.61 Å². The highest BCUT2D eigenvalue weighted by molar-refractivity contribution is 5.35. The van der Waals surface area contributed by atoms with Crippen molar-refractivity contribution in [1.82, 2.24) is 0 Å². The summed E-state index contributed by atoms with van der Waals surface area (Å²) in [7, 11) is 0. The second-order valence-corrected chi connectivity index (χ2v) is 5.98. The van der Waals surface area contributed by atoms with Gasteiger partial charge in [0.05, 0.1) is 18.3 Å². The van der Waals surface area contributed by atoms with Gasteiger partial charge in [0.15, 0.2) is 0 Å². The average Bonchev–Trinajstić information content (AvgIpc) is 2.37. The van der Waals surface area contributed by atoms with E-state index < -0.39 is 6.10 Å². The fourth-order valence-corrected chi connectivity index (χ4v) is 3.14. The van der Waals surface area contributed by atoms with Gasteiger partial charge in [-0.2, -0.15) is 0 Å². The monoisotopic (exact) mass is 280 g/mol. The Bertz CT molecular complexity index is 483. The SMILES string of the molecule is C[C@@H](O)c1ccc(F)cc1OC1CCOC2(CCC2)C1. The van der Waals surface area contributed by atoms with Gasteiger partial charge in [-0.3, -0.25) is 0 Å². The van der Waals surface area contributed by atoms with Crippen LogP contribution >= 0.6 is 0 Å². The average molecular weight is 280 g/mol. The molecule has 0 bridgehead atoms. The highest BCUT2D eigenvalue weighted by atomic mass is 19.1. The van der Waals surface area contributed by atoms with Gasteiger partial charge in [0.25, 0.3) is 0 Å². The number of ether oxygens (including phenoxy) is 2. The minimum Gasteiger partial charge on any atom is -0.490 e. The van der Waals surface area contributed by atoms with E-state index in [0.29, 0.717) is 17.9 Å². The molecule has 4 heteroatoms. The Kier molecular flexibility index (Phi) is 3.69. The fourth-order valence-electron chi connectivity index (χ4n) is 3.14. The normalized spacial score (nSPS) is 26.1. The molecule has 1 spiro atoms. The van der Waals surface area contributed by atoms with E-state index in [4.69, 9.17) is 9.47 Å². The lowest BCUT2D eigenvalue weighted by Gasteiger charge is -2.47. The molecular weight excluding hydrogens is 259 g/mol. The van der Waals surface area contributed by atoms with Crippen LogP contribution in [0.2, 0.25) is 0 Å². The van der Waals surface area contributed by atoms with Crippen LogP contribution in [0.1, 0.15) is 50.7 Å². The van der Waals surface area contributed by atoms with Gasteiger partial charge in [0.1, 0.15) is 17.7 Å². The quantitative estimate of drug-likeness (QED) is 0.922. The largest absolute Gasteiger partial charge is 0.490 e. The van der Waals surface area contributed by atoms with Crippen LogP contribution in [0.3, 0.4) is 0 Å². The van der Waals surface area contributed by atoms with Crippen LogP contribution in [0.25, 0.3) is 0 Å². The number of aliphatic hydroxyl groups excluding tert-OH is 1. The summed E-state index contributed by atoms with van der Waals surface area (Å²) >= 11 is 0. The van der Waals surface area contributed by atoms with Crippen LogP contribution in [-0.4, -0.2) is 23.4 Å². The summed E-state index contributed by atoms with van der Waals surface area (Å²) in [6.07, 6.45) is 4.47. The third-order valence-corrected chi connectivity index (χ3v) is 4.43. The Labute approximate surface area is 118 Å². The first-order chi connectivity index (χ1) is 9.58. The number of aliphatic hydroxyl groups is 1. The molecule has 20 heavy (non-hydrogen) atoms. The molecule has 1 aromatic rings. The molecule has 0 amide bonds. The Morgan fingerprint density at radius 1 is 1.45 bits per heavy atom. The second kappa shape index (κ2) is 5.34. The Morgan fingerprint density at radius 3 is 2.90 bits per heavy atom. The van der Waals surface area contributed by atoms with E-state index in [1.54, 1.807) is 13.0 Å². The Balaban J connectivity index is 1.75. The molecule has 3 rings (SSSR count). The van der Waals surface area contributed by atoms with E-state index in [1.165, 1.54) is 18.6 Å². The maximum Gasteiger partial charge on any atom is 0.128 e. The lowest BCUT2D eigenvalue weighted by Crippen LogP contribution is -2.48. The molecule has 1 saturated heterocycles. The zero-order valence-corrected chi connectivity index (χ0v) is 11.8. The molecule has 1 heterocycles. The van der Waals surface area contributed by atoms with Gasteiger partial charge in [-0.05, 0) is 38.3 Å². The van der Waals surface area contributed by atoms with Crippen LogP contribution in [0, 0.1) is 5.82 Å². The first-order valence-electron chi connectivity index (χ1n) is 7.36. The fraction of sp³-hybridized carbons (Fsp3) is 0.625. The van der Waals surface area contributed by atoms with Gasteiger partial charge in [-0.15, -0.1) is 0 Å². The van der Waals surface area contributed by atoms with Crippen molar-refractivity contribution in [3.8, 4) is 5.75 Å². The zero-order valence-electron chi connectivity index (χ0n) is 11.8. The number of hydrogen-bond donors (Lipinski definition) is 1. The highest BCUT2D eigenvalue weighted by Gasteiger charge is 2.43. The van der Waals surface area contributed by atoms with Gasteiger partial charge in [0, 0.05) is 24.5 Å². The van der Waals surface area contributed by atoms with E-state index in [-0.39, 0.29) is 17.5 Å². The minimum absolute atomic E-state index is 0.00123. The van der Waals surface area contributed by atoms with Crippen molar-refractivity contribution in [2.45, 2.75) is 56.8 Å². The van der Waals surface area contributed by atoms with Gasteiger partial charge < -0.3 is 14.6 Å². The maximum atomic E-state index is 13.4. The van der Waals surface area contributed by atoms with E-state index in [9.17, 15) is 9.50 Å². The molecule has 1 aromatic carbocycles. The summed E-state index contributed by atoms with van der Waals surface area (Å²) in [6.45, 7) is 2.36. The van der Waals surface area contributed by atoms with Crippen molar-refractivity contribution < 1.29 is 19.0 Å². The molecule has 3 nitrogen and oxygen atoms in total. The third kappa shape index (κ3) is 2.67. The molecule has 110 valence electrons. The maximum absolute atomic E-state index is 13.4. The number of benzene rings is 1. The van der Waals surface area contributed by atoms with Crippen LogP contribution in [0.5, 0.6) is 5.75 Å². The van der Waals surface area contributed by atoms with Gasteiger partial charge in [-0.1, -0.05) is 0 Å². The summed E-state index contributed by atoms with van der Waals surface area (Å²) in [4.78, 5) is 0. The molecule has 2 atom stereocenters. The molecule has 1 saturated carbocycles. The standard InChI is InChI=1S/C16H21FO3/c1-11(18)14-4-3-12(17)9-15(14)20-13-5-8-19-16(10-13)6-2-7-16/h3-4,9,11,13,18H,2,5-8,10H2,1H3/t11-,13?/m1/s1. The van der Waals surface area contributed by atoms with E-state index >= 15 is 0 Å². The lowest BCUT2D eigenvalue weighted by atomic mass is 9.74.